The zero-order valence-corrected chi connectivity index (χ0v) is 15.6. The van der Waals surface area contributed by atoms with Gasteiger partial charge < -0.3 is 5.32 Å². The third kappa shape index (κ3) is 4.40. The average molecular weight is 350 g/mol. The maximum Gasteiger partial charge on any atom is 0.237 e. The van der Waals surface area contributed by atoms with Gasteiger partial charge in [-0.1, -0.05) is 49.0 Å². The first kappa shape index (κ1) is 17.5. The lowest BCUT2D eigenvalue weighted by molar-refractivity contribution is -0.115. The Hall–Kier alpha value is -2.33. The number of hydrogen-bond acceptors (Lipinski definition) is 3. The third-order valence-electron chi connectivity index (χ3n) is 3.99. The predicted octanol–water partition coefficient (Wildman–Crippen LogP) is 5.36. The Kier molecular flexibility index (Phi) is 5.39. The minimum absolute atomic E-state index is 0.0208. The summed E-state index contributed by atoms with van der Waals surface area (Å²) in [5.41, 5.74) is 4.10. The number of pyridine rings is 1. The van der Waals surface area contributed by atoms with Gasteiger partial charge in [-0.2, -0.15) is 0 Å². The van der Waals surface area contributed by atoms with E-state index in [1.54, 1.807) is 0 Å². The number of nitrogens with zero attached hydrogens (tertiary/aromatic N) is 1. The molecule has 0 spiro atoms. The normalized spacial score (nSPS) is 12.1. The maximum absolute atomic E-state index is 12.7. The van der Waals surface area contributed by atoms with Gasteiger partial charge >= 0.3 is 0 Å². The Bertz CT molecular complexity index is 887. The minimum Gasteiger partial charge on any atom is -0.325 e. The SMILES string of the molecule is CCC(Sc1ccc2ccccc2n1)C(=O)Nc1cc(C)cc(C)c1. The zero-order valence-electron chi connectivity index (χ0n) is 14.7. The molecule has 1 aromatic heterocycles. The van der Waals surface area contributed by atoms with Crippen LogP contribution in [0.4, 0.5) is 5.69 Å². The molecule has 4 heteroatoms. The molecule has 1 unspecified atom stereocenters. The van der Waals surface area contributed by atoms with Crippen molar-refractivity contribution in [1.29, 1.82) is 0 Å². The van der Waals surface area contributed by atoms with Crippen molar-refractivity contribution >= 4 is 34.3 Å². The highest BCUT2D eigenvalue weighted by Gasteiger charge is 2.19. The molecule has 0 saturated heterocycles. The molecule has 3 aromatic rings. The van der Waals surface area contributed by atoms with Gasteiger partial charge in [-0.15, -0.1) is 0 Å². The molecule has 1 N–H and O–H groups in total. The van der Waals surface area contributed by atoms with Crippen LogP contribution < -0.4 is 5.32 Å². The van der Waals surface area contributed by atoms with Gasteiger partial charge in [0.1, 0.15) is 0 Å². The van der Waals surface area contributed by atoms with Gasteiger partial charge in [0.05, 0.1) is 15.8 Å². The second-order valence-corrected chi connectivity index (χ2v) is 7.45. The van der Waals surface area contributed by atoms with E-state index >= 15 is 0 Å². The fraction of sp³-hybridized carbons (Fsp3) is 0.238. The fourth-order valence-corrected chi connectivity index (χ4v) is 3.77. The molecule has 3 nitrogen and oxygen atoms in total. The molecule has 3 rings (SSSR count). The van der Waals surface area contributed by atoms with Gasteiger partial charge in [-0.05, 0) is 55.7 Å². The topological polar surface area (TPSA) is 42.0 Å². The van der Waals surface area contributed by atoms with Crippen molar-refractivity contribution in [1.82, 2.24) is 4.98 Å². The van der Waals surface area contributed by atoms with Crippen LogP contribution in [-0.2, 0) is 4.79 Å². The summed E-state index contributed by atoms with van der Waals surface area (Å²) in [5.74, 6) is 0.0208. The molecule has 0 fully saturated rings. The van der Waals surface area contributed by atoms with Crippen LogP contribution in [0.15, 0.2) is 59.6 Å². The first-order chi connectivity index (χ1) is 12.0. The largest absolute Gasteiger partial charge is 0.325 e. The van der Waals surface area contributed by atoms with Crippen molar-refractivity contribution < 1.29 is 4.79 Å². The van der Waals surface area contributed by atoms with Gasteiger partial charge in [-0.25, -0.2) is 4.98 Å². The number of benzene rings is 2. The minimum atomic E-state index is -0.172. The van der Waals surface area contributed by atoms with E-state index in [0.717, 1.165) is 39.2 Å². The number of aromatic nitrogens is 1. The van der Waals surface area contributed by atoms with Crippen LogP contribution in [0.3, 0.4) is 0 Å². The highest BCUT2D eigenvalue weighted by atomic mass is 32.2. The molecule has 0 saturated carbocycles. The summed E-state index contributed by atoms with van der Waals surface area (Å²) in [4.78, 5) is 17.3. The molecule has 1 atom stereocenters. The number of carbonyl (C=O) groups is 1. The third-order valence-corrected chi connectivity index (χ3v) is 5.29. The van der Waals surface area contributed by atoms with Crippen LogP contribution in [0, 0.1) is 13.8 Å². The van der Waals surface area contributed by atoms with Crippen LogP contribution in [0.25, 0.3) is 10.9 Å². The van der Waals surface area contributed by atoms with Crippen molar-refractivity contribution in [2.45, 2.75) is 37.5 Å². The molecule has 128 valence electrons. The molecule has 1 amide bonds. The number of thioether (sulfide) groups is 1. The van der Waals surface area contributed by atoms with Crippen LogP contribution >= 0.6 is 11.8 Å². The smallest absolute Gasteiger partial charge is 0.237 e. The first-order valence-electron chi connectivity index (χ1n) is 8.47. The molecule has 2 aromatic carbocycles. The van der Waals surface area contributed by atoms with Crippen molar-refractivity contribution in [3.63, 3.8) is 0 Å². The van der Waals surface area contributed by atoms with Crippen molar-refractivity contribution in [3.8, 4) is 0 Å². The molecular formula is C21H22N2OS. The molecule has 1 heterocycles. The first-order valence-corrected chi connectivity index (χ1v) is 9.34. The molecule has 0 radical (unpaired) electrons. The predicted molar refractivity (Wildman–Crippen MR) is 106 cm³/mol. The summed E-state index contributed by atoms with van der Waals surface area (Å²) in [6.45, 7) is 6.10. The molecule has 0 aliphatic heterocycles. The Morgan fingerprint density at radius 1 is 1.08 bits per heavy atom. The number of carbonyl (C=O) groups excluding carboxylic acids is 1. The van der Waals surface area contributed by atoms with Gasteiger partial charge in [0, 0.05) is 11.1 Å². The number of hydrogen-bond donors (Lipinski definition) is 1. The van der Waals surface area contributed by atoms with Crippen molar-refractivity contribution in [2.75, 3.05) is 5.32 Å². The zero-order chi connectivity index (χ0) is 17.8. The number of nitrogens with one attached hydrogen (secondary N) is 1. The lowest BCUT2D eigenvalue weighted by Gasteiger charge is -2.15. The number of rotatable bonds is 5. The highest BCUT2D eigenvalue weighted by molar-refractivity contribution is 8.00. The lowest BCUT2D eigenvalue weighted by Crippen LogP contribution is -2.24. The van der Waals surface area contributed by atoms with E-state index in [-0.39, 0.29) is 11.2 Å². The number of para-hydroxylation sites is 1. The van der Waals surface area contributed by atoms with Gasteiger partial charge in [-0.3, -0.25) is 4.79 Å². The lowest BCUT2D eigenvalue weighted by atomic mass is 10.1. The Balaban J connectivity index is 1.75. The summed E-state index contributed by atoms with van der Waals surface area (Å²) >= 11 is 1.52. The van der Waals surface area contributed by atoms with Crippen LogP contribution in [0.5, 0.6) is 0 Å². The average Bonchev–Trinajstić information content (AvgIpc) is 2.58. The highest BCUT2D eigenvalue weighted by Crippen LogP contribution is 2.27. The monoisotopic (exact) mass is 350 g/mol. The second-order valence-electron chi connectivity index (χ2n) is 6.22. The summed E-state index contributed by atoms with van der Waals surface area (Å²) in [6.07, 6.45) is 0.746. The Morgan fingerprint density at radius 3 is 2.52 bits per heavy atom. The summed E-state index contributed by atoms with van der Waals surface area (Å²) in [6, 6.07) is 18.2. The number of fused-ring (bicyclic) bond motifs is 1. The van der Waals surface area contributed by atoms with E-state index < -0.39 is 0 Å². The fourth-order valence-electron chi connectivity index (χ4n) is 2.85. The quantitative estimate of drug-likeness (QED) is 0.630. The molecule has 25 heavy (non-hydrogen) atoms. The Morgan fingerprint density at radius 2 is 1.80 bits per heavy atom. The molecule has 0 aliphatic carbocycles. The second kappa shape index (κ2) is 7.70. The maximum atomic E-state index is 12.7. The number of anilines is 1. The standard InChI is InChI=1S/C21H22N2OS/c1-4-19(21(24)22-17-12-14(2)11-15(3)13-17)25-20-10-9-16-7-5-6-8-18(16)23-20/h5-13,19H,4H2,1-3H3,(H,22,24). The number of amides is 1. The van der Waals surface area contributed by atoms with E-state index in [4.69, 9.17) is 0 Å². The van der Waals surface area contributed by atoms with E-state index in [1.165, 1.54) is 11.8 Å². The van der Waals surface area contributed by atoms with Gasteiger partial charge in [0.2, 0.25) is 5.91 Å². The summed E-state index contributed by atoms with van der Waals surface area (Å²) in [5, 5.41) is 4.86. The Labute approximate surface area is 152 Å². The molecule has 0 bridgehead atoms. The molecule has 0 aliphatic rings. The number of aryl methyl sites for hydroxylation is 2. The van der Waals surface area contributed by atoms with Crippen molar-refractivity contribution in [3.05, 3.63) is 65.7 Å². The van der Waals surface area contributed by atoms with Crippen molar-refractivity contribution in [2.24, 2.45) is 0 Å². The van der Waals surface area contributed by atoms with Gasteiger partial charge in [0.25, 0.3) is 0 Å². The molecular weight excluding hydrogens is 328 g/mol. The van der Waals surface area contributed by atoms with Crippen LogP contribution in [-0.4, -0.2) is 16.1 Å². The van der Waals surface area contributed by atoms with E-state index in [0.29, 0.717) is 0 Å². The van der Waals surface area contributed by atoms with Crippen LogP contribution in [0.2, 0.25) is 0 Å². The van der Waals surface area contributed by atoms with E-state index in [2.05, 4.69) is 22.4 Å². The van der Waals surface area contributed by atoms with Gasteiger partial charge in [0.15, 0.2) is 0 Å². The summed E-state index contributed by atoms with van der Waals surface area (Å²) in [7, 11) is 0. The van der Waals surface area contributed by atoms with Crippen LogP contribution in [0.1, 0.15) is 24.5 Å². The summed E-state index contributed by atoms with van der Waals surface area (Å²) < 4.78 is 0. The van der Waals surface area contributed by atoms with E-state index in [1.807, 2.05) is 63.2 Å². The van der Waals surface area contributed by atoms with E-state index in [9.17, 15) is 4.79 Å².